The molecular weight excluding hydrogens is 309 g/mol. The number of carbonyl (C=O) groups is 1. The fourth-order valence-corrected chi connectivity index (χ4v) is 2.68. The molecule has 5 nitrogen and oxygen atoms in total. The Hall–Kier alpha value is -2.89. The van der Waals surface area contributed by atoms with Crippen LogP contribution in [0.5, 0.6) is 0 Å². The summed E-state index contributed by atoms with van der Waals surface area (Å²) in [6, 6.07) is 9.69. The van der Waals surface area contributed by atoms with Gasteiger partial charge in [-0.05, 0) is 44.5 Å². The molecule has 3 aromatic rings. The summed E-state index contributed by atoms with van der Waals surface area (Å²) in [6.45, 7) is 5.93. The zero-order valence-electron chi connectivity index (χ0n) is 13.8. The predicted octanol–water partition coefficient (Wildman–Crippen LogP) is 3.46. The first-order chi connectivity index (χ1) is 11.5. The minimum atomic E-state index is -0.295. The van der Waals surface area contributed by atoms with Crippen molar-refractivity contribution in [1.29, 1.82) is 0 Å². The van der Waals surface area contributed by atoms with Gasteiger partial charge >= 0.3 is 0 Å². The smallest absolute Gasteiger partial charge is 0.253 e. The zero-order valence-corrected chi connectivity index (χ0v) is 13.8. The van der Waals surface area contributed by atoms with Crippen molar-refractivity contribution in [2.24, 2.45) is 0 Å². The quantitative estimate of drug-likeness (QED) is 0.798. The van der Waals surface area contributed by atoms with Gasteiger partial charge in [0.05, 0.1) is 5.56 Å². The van der Waals surface area contributed by atoms with Gasteiger partial charge in [-0.1, -0.05) is 17.3 Å². The molecule has 3 rings (SSSR count). The first kappa shape index (κ1) is 16.0. The third kappa shape index (κ3) is 3.08. The first-order valence-electron chi connectivity index (χ1n) is 7.61. The molecule has 6 heteroatoms. The summed E-state index contributed by atoms with van der Waals surface area (Å²) in [5, 5.41) is 6.86. The van der Waals surface area contributed by atoms with Gasteiger partial charge in [-0.15, -0.1) is 0 Å². The first-order valence-corrected chi connectivity index (χ1v) is 7.61. The van der Waals surface area contributed by atoms with E-state index in [2.05, 4.69) is 10.5 Å². The maximum absolute atomic E-state index is 12.9. The maximum atomic E-state index is 12.9. The molecule has 0 aliphatic rings. The highest BCUT2D eigenvalue weighted by molar-refractivity contribution is 5.95. The number of benzene rings is 1. The minimum absolute atomic E-state index is 0.182. The van der Waals surface area contributed by atoms with Crippen molar-refractivity contribution in [3.05, 3.63) is 70.5 Å². The van der Waals surface area contributed by atoms with Gasteiger partial charge in [0, 0.05) is 24.0 Å². The van der Waals surface area contributed by atoms with Crippen LogP contribution in [0.15, 0.2) is 40.9 Å². The average Bonchev–Trinajstić information content (AvgIpc) is 3.09. The Balaban J connectivity index is 1.79. The van der Waals surface area contributed by atoms with Crippen molar-refractivity contribution in [3.8, 4) is 5.82 Å². The van der Waals surface area contributed by atoms with Crippen LogP contribution in [0.1, 0.15) is 33.1 Å². The molecule has 1 aromatic carbocycles. The molecule has 0 saturated heterocycles. The van der Waals surface area contributed by atoms with Gasteiger partial charge in [0.2, 0.25) is 0 Å². The summed E-state index contributed by atoms with van der Waals surface area (Å²) in [7, 11) is 0. The minimum Gasteiger partial charge on any atom is -0.360 e. The number of nitrogens with zero attached hydrogens (tertiary/aromatic N) is 2. The molecule has 2 aromatic heterocycles. The molecule has 0 unspecified atom stereocenters. The maximum Gasteiger partial charge on any atom is 0.253 e. The summed E-state index contributed by atoms with van der Waals surface area (Å²) in [5.41, 5.74) is 3.10. The summed E-state index contributed by atoms with van der Waals surface area (Å²) in [4.78, 5) is 12.5. The normalized spacial score (nSPS) is 10.8. The lowest BCUT2D eigenvalue weighted by atomic mass is 10.2. The number of amides is 1. The van der Waals surface area contributed by atoms with E-state index in [1.165, 1.54) is 12.1 Å². The molecule has 2 heterocycles. The molecule has 0 aliphatic heterocycles. The average molecular weight is 327 g/mol. The number of carbonyl (C=O) groups excluding carboxylic acids is 1. The summed E-state index contributed by atoms with van der Waals surface area (Å²) < 4.78 is 19.9. The Morgan fingerprint density at radius 1 is 1.21 bits per heavy atom. The Morgan fingerprint density at radius 3 is 2.54 bits per heavy atom. The largest absolute Gasteiger partial charge is 0.360 e. The van der Waals surface area contributed by atoms with E-state index in [4.69, 9.17) is 4.52 Å². The molecule has 0 bridgehead atoms. The summed E-state index contributed by atoms with van der Waals surface area (Å²) in [5.74, 6) is 0.885. The third-order valence-electron chi connectivity index (χ3n) is 3.89. The van der Waals surface area contributed by atoms with Crippen molar-refractivity contribution < 1.29 is 13.7 Å². The Labute approximate surface area is 139 Å². The topological polar surface area (TPSA) is 60.1 Å². The van der Waals surface area contributed by atoms with Crippen LogP contribution in [0.25, 0.3) is 5.82 Å². The van der Waals surface area contributed by atoms with E-state index < -0.39 is 0 Å². The lowest BCUT2D eigenvalue weighted by Crippen LogP contribution is -2.23. The second-order valence-corrected chi connectivity index (χ2v) is 5.73. The number of nitrogens with one attached hydrogen (secondary N) is 1. The van der Waals surface area contributed by atoms with Gasteiger partial charge in [-0.2, -0.15) is 0 Å². The fraction of sp³-hybridized carbons (Fsp3) is 0.222. The van der Waals surface area contributed by atoms with E-state index in [0.717, 1.165) is 17.0 Å². The van der Waals surface area contributed by atoms with E-state index in [1.807, 2.05) is 37.5 Å². The molecule has 0 saturated carbocycles. The van der Waals surface area contributed by atoms with Gasteiger partial charge in [-0.3, -0.25) is 9.36 Å². The Kier molecular flexibility index (Phi) is 4.20. The number of halogens is 1. The van der Waals surface area contributed by atoms with Crippen LogP contribution in [0.3, 0.4) is 0 Å². The number of aromatic nitrogens is 2. The summed E-state index contributed by atoms with van der Waals surface area (Å²) in [6.07, 6.45) is 0. The lowest BCUT2D eigenvalue weighted by molar-refractivity contribution is 0.0950. The molecule has 1 N–H and O–H groups in total. The van der Waals surface area contributed by atoms with Crippen molar-refractivity contribution in [2.45, 2.75) is 27.3 Å². The van der Waals surface area contributed by atoms with Crippen LogP contribution < -0.4 is 5.32 Å². The van der Waals surface area contributed by atoms with Crippen LogP contribution in [-0.4, -0.2) is 15.6 Å². The van der Waals surface area contributed by atoms with E-state index in [-0.39, 0.29) is 11.7 Å². The molecule has 124 valence electrons. The van der Waals surface area contributed by atoms with Crippen LogP contribution in [0, 0.1) is 26.6 Å². The highest BCUT2D eigenvalue weighted by Gasteiger charge is 2.18. The van der Waals surface area contributed by atoms with Gasteiger partial charge in [0.1, 0.15) is 11.6 Å². The van der Waals surface area contributed by atoms with E-state index in [1.54, 1.807) is 12.1 Å². The van der Waals surface area contributed by atoms with Crippen LogP contribution in [0.2, 0.25) is 0 Å². The van der Waals surface area contributed by atoms with Crippen molar-refractivity contribution in [3.63, 3.8) is 0 Å². The number of rotatable bonds is 4. The van der Waals surface area contributed by atoms with Gasteiger partial charge in [0.25, 0.3) is 5.91 Å². The number of aryl methyl sites for hydroxylation is 2. The number of hydrogen-bond acceptors (Lipinski definition) is 3. The second kappa shape index (κ2) is 6.31. The zero-order chi connectivity index (χ0) is 17.3. The molecule has 0 aliphatic carbocycles. The van der Waals surface area contributed by atoms with Crippen LogP contribution >= 0.6 is 0 Å². The molecule has 0 spiro atoms. The standard InChI is InChI=1S/C18H18FN3O2/c1-11-8-16(13(3)22(11)17-9-12(2)24-21-17)18(23)20-10-14-4-6-15(19)7-5-14/h4-9H,10H2,1-3H3,(H,20,23). The van der Waals surface area contributed by atoms with Crippen LogP contribution in [-0.2, 0) is 6.54 Å². The van der Waals surface area contributed by atoms with E-state index >= 15 is 0 Å². The third-order valence-corrected chi connectivity index (χ3v) is 3.89. The van der Waals surface area contributed by atoms with Crippen molar-refractivity contribution >= 4 is 5.91 Å². The number of hydrogen-bond donors (Lipinski definition) is 1. The Bertz CT molecular complexity index is 878. The molecule has 1 amide bonds. The molecular formula is C18H18FN3O2. The molecule has 24 heavy (non-hydrogen) atoms. The predicted molar refractivity (Wildman–Crippen MR) is 87.6 cm³/mol. The van der Waals surface area contributed by atoms with Gasteiger partial charge < -0.3 is 9.84 Å². The van der Waals surface area contributed by atoms with Crippen molar-refractivity contribution in [2.75, 3.05) is 0 Å². The second-order valence-electron chi connectivity index (χ2n) is 5.73. The highest BCUT2D eigenvalue weighted by Crippen LogP contribution is 2.20. The SMILES string of the molecule is Cc1cc(-n2c(C)cc(C(=O)NCc3ccc(F)cc3)c2C)no1. The van der Waals surface area contributed by atoms with Crippen molar-refractivity contribution in [1.82, 2.24) is 15.0 Å². The van der Waals surface area contributed by atoms with E-state index in [9.17, 15) is 9.18 Å². The molecule has 0 fully saturated rings. The van der Waals surface area contributed by atoms with Gasteiger partial charge in [-0.25, -0.2) is 4.39 Å². The van der Waals surface area contributed by atoms with Gasteiger partial charge in [0.15, 0.2) is 5.82 Å². The highest BCUT2D eigenvalue weighted by atomic mass is 19.1. The Morgan fingerprint density at radius 2 is 1.92 bits per heavy atom. The summed E-state index contributed by atoms with van der Waals surface area (Å²) >= 11 is 0. The fourth-order valence-electron chi connectivity index (χ4n) is 2.68. The molecule has 0 radical (unpaired) electrons. The van der Waals surface area contributed by atoms with Crippen LogP contribution in [0.4, 0.5) is 4.39 Å². The lowest BCUT2D eigenvalue weighted by Gasteiger charge is -2.07. The monoisotopic (exact) mass is 327 g/mol. The molecule has 0 atom stereocenters. The van der Waals surface area contributed by atoms with E-state index in [0.29, 0.717) is 23.7 Å².